The van der Waals surface area contributed by atoms with E-state index in [1.807, 2.05) is 12.3 Å². The third-order valence-electron chi connectivity index (χ3n) is 2.14. The number of aryl methyl sites for hydroxylation is 1. The lowest BCUT2D eigenvalue weighted by atomic mass is 10.1. The van der Waals surface area contributed by atoms with Gasteiger partial charge in [0.15, 0.2) is 0 Å². The zero-order valence-corrected chi connectivity index (χ0v) is 8.56. The van der Waals surface area contributed by atoms with Crippen molar-refractivity contribution in [3.63, 3.8) is 0 Å². The molecule has 2 heterocycles. The van der Waals surface area contributed by atoms with Gasteiger partial charge in [-0.1, -0.05) is 0 Å². The Morgan fingerprint density at radius 2 is 2.62 bits per heavy atom. The average Bonchev–Trinajstić information content (AvgIpc) is 2.53. The summed E-state index contributed by atoms with van der Waals surface area (Å²) >= 11 is 1.64. The summed E-state index contributed by atoms with van der Waals surface area (Å²) in [6.07, 6.45) is 2.66. The molecule has 1 saturated heterocycles. The molecule has 0 radical (unpaired) electrons. The van der Waals surface area contributed by atoms with E-state index < -0.39 is 0 Å². The van der Waals surface area contributed by atoms with Gasteiger partial charge in [0.2, 0.25) is 5.88 Å². The van der Waals surface area contributed by atoms with E-state index in [1.54, 1.807) is 11.3 Å². The van der Waals surface area contributed by atoms with Crippen molar-refractivity contribution < 1.29 is 4.74 Å². The van der Waals surface area contributed by atoms with Crippen molar-refractivity contribution in [1.82, 2.24) is 10.3 Å². The first-order chi connectivity index (χ1) is 6.34. The zero-order chi connectivity index (χ0) is 9.10. The molecule has 13 heavy (non-hydrogen) atoms. The Balaban J connectivity index is 1.89. The molecule has 0 aromatic carbocycles. The van der Waals surface area contributed by atoms with Crippen LogP contribution in [0.5, 0.6) is 5.88 Å². The number of piperidine rings is 1. The molecule has 1 aromatic rings. The number of thiazole rings is 1. The Labute approximate surface area is 82.1 Å². The molecule has 1 aromatic heterocycles. The highest BCUT2D eigenvalue weighted by Crippen LogP contribution is 2.18. The van der Waals surface area contributed by atoms with Crippen LogP contribution in [0.25, 0.3) is 0 Å². The van der Waals surface area contributed by atoms with Crippen LogP contribution in [-0.2, 0) is 0 Å². The highest BCUT2D eigenvalue weighted by atomic mass is 32.1. The van der Waals surface area contributed by atoms with E-state index in [9.17, 15) is 0 Å². The Bertz CT molecular complexity index is 268. The Morgan fingerprint density at radius 3 is 3.23 bits per heavy atom. The first kappa shape index (κ1) is 8.97. The number of hydrogen-bond acceptors (Lipinski definition) is 4. The van der Waals surface area contributed by atoms with Gasteiger partial charge < -0.3 is 10.1 Å². The van der Waals surface area contributed by atoms with Gasteiger partial charge >= 0.3 is 0 Å². The number of aromatic nitrogens is 1. The largest absolute Gasteiger partial charge is 0.472 e. The second kappa shape index (κ2) is 4.07. The highest BCUT2D eigenvalue weighted by Gasteiger charge is 2.15. The molecular formula is C9H14N2OS. The van der Waals surface area contributed by atoms with Crippen LogP contribution in [0.2, 0.25) is 0 Å². The van der Waals surface area contributed by atoms with Gasteiger partial charge in [0, 0.05) is 6.54 Å². The maximum Gasteiger partial charge on any atom is 0.224 e. The molecule has 1 aliphatic heterocycles. The zero-order valence-electron chi connectivity index (χ0n) is 7.75. The molecule has 0 amide bonds. The number of nitrogens with one attached hydrogen (secondary N) is 1. The quantitative estimate of drug-likeness (QED) is 0.783. The Morgan fingerprint density at radius 1 is 1.69 bits per heavy atom. The summed E-state index contributed by atoms with van der Waals surface area (Å²) in [5.41, 5.74) is 0. The molecule has 1 N–H and O–H groups in total. The standard InChI is InChI=1S/C9H14N2OS/c1-7-11-9(6-13-7)12-8-3-2-4-10-5-8/h6,8,10H,2-5H2,1H3. The third kappa shape index (κ3) is 2.42. The fourth-order valence-corrected chi connectivity index (χ4v) is 2.01. The smallest absolute Gasteiger partial charge is 0.224 e. The highest BCUT2D eigenvalue weighted by molar-refractivity contribution is 7.09. The van der Waals surface area contributed by atoms with Crippen LogP contribution in [0, 0.1) is 6.92 Å². The number of hydrogen-bond donors (Lipinski definition) is 1. The molecule has 2 rings (SSSR count). The second-order valence-corrected chi connectivity index (χ2v) is 4.35. The van der Waals surface area contributed by atoms with Gasteiger partial charge in [-0.05, 0) is 26.3 Å². The van der Waals surface area contributed by atoms with Crippen molar-refractivity contribution in [2.24, 2.45) is 0 Å². The molecule has 72 valence electrons. The van der Waals surface area contributed by atoms with E-state index in [1.165, 1.54) is 6.42 Å². The van der Waals surface area contributed by atoms with Crippen molar-refractivity contribution in [2.45, 2.75) is 25.9 Å². The van der Waals surface area contributed by atoms with E-state index in [-0.39, 0.29) is 0 Å². The summed E-state index contributed by atoms with van der Waals surface area (Å²) in [5, 5.41) is 6.36. The van der Waals surface area contributed by atoms with E-state index in [0.717, 1.165) is 30.4 Å². The maximum absolute atomic E-state index is 5.71. The van der Waals surface area contributed by atoms with Gasteiger partial charge in [-0.15, -0.1) is 11.3 Å². The van der Waals surface area contributed by atoms with Gasteiger partial charge in [-0.3, -0.25) is 0 Å². The first-order valence-electron chi connectivity index (χ1n) is 4.64. The van der Waals surface area contributed by atoms with Crippen molar-refractivity contribution in [1.29, 1.82) is 0 Å². The van der Waals surface area contributed by atoms with E-state index >= 15 is 0 Å². The van der Waals surface area contributed by atoms with Gasteiger partial charge in [0.05, 0.1) is 10.4 Å². The van der Waals surface area contributed by atoms with Gasteiger partial charge in [-0.25, -0.2) is 4.98 Å². The number of nitrogens with zero attached hydrogens (tertiary/aromatic N) is 1. The minimum Gasteiger partial charge on any atom is -0.472 e. The Kier molecular flexibility index (Phi) is 2.80. The summed E-state index contributed by atoms with van der Waals surface area (Å²) in [7, 11) is 0. The lowest BCUT2D eigenvalue weighted by molar-refractivity contribution is 0.161. The molecule has 4 heteroatoms. The Hall–Kier alpha value is -0.610. The third-order valence-corrected chi connectivity index (χ3v) is 2.89. The molecule has 1 aliphatic rings. The molecular weight excluding hydrogens is 184 g/mol. The second-order valence-electron chi connectivity index (χ2n) is 3.29. The van der Waals surface area contributed by atoms with Crippen molar-refractivity contribution in [2.75, 3.05) is 13.1 Å². The lowest BCUT2D eigenvalue weighted by Crippen LogP contribution is -2.37. The fraction of sp³-hybridized carbons (Fsp3) is 0.667. The summed E-state index contributed by atoms with van der Waals surface area (Å²) in [6.45, 7) is 4.07. The van der Waals surface area contributed by atoms with Crippen LogP contribution in [0.3, 0.4) is 0 Å². The molecule has 1 fully saturated rings. The monoisotopic (exact) mass is 198 g/mol. The molecule has 0 spiro atoms. The van der Waals surface area contributed by atoms with Gasteiger partial charge in [0.25, 0.3) is 0 Å². The molecule has 3 nitrogen and oxygen atoms in total. The molecule has 1 atom stereocenters. The van der Waals surface area contributed by atoms with Crippen LogP contribution in [0.4, 0.5) is 0 Å². The fourth-order valence-electron chi connectivity index (χ4n) is 1.49. The predicted octanol–water partition coefficient (Wildman–Crippen LogP) is 1.58. The van der Waals surface area contributed by atoms with Crippen LogP contribution in [0.15, 0.2) is 5.38 Å². The molecule has 0 saturated carbocycles. The minimum absolute atomic E-state index is 0.315. The summed E-state index contributed by atoms with van der Waals surface area (Å²) in [4.78, 5) is 4.27. The summed E-state index contributed by atoms with van der Waals surface area (Å²) < 4.78 is 5.71. The van der Waals surface area contributed by atoms with Gasteiger partial charge in [0.1, 0.15) is 6.10 Å². The molecule has 0 aliphatic carbocycles. The van der Waals surface area contributed by atoms with Gasteiger partial charge in [-0.2, -0.15) is 0 Å². The SMILES string of the molecule is Cc1nc(OC2CCCNC2)cs1. The van der Waals surface area contributed by atoms with Crippen molar-refractivity contribution >= 4 is 11.3 Å². The maximum atomic E-state index is 5.71. The number of ether oxygens (including phenoxy) is 1. The first-order valence-corrected chi connectivity index (χ1v) is 5.52. The molecule has 1 unspecified atom stereocenters. The molecule has 0 bridgehead atoms. The normalized spacial score (nSPS) is 23.0. The average molecular weight is 198 g/mol. The van der Waals surface area contributed by atoms with E-state index in [4.69, 9.17) is 4.74 Å². The number of rotatable bonds is 2. The van der Waals surface area contributed by atoms with Crippen LogP contribution >= 0.6 is 11.3 Å². The van der Waals surface area contributed by atoms with Crippen molar-refractivity contribution in [3.05, 3.63) is 10.4 Å². The summed E-state index contributed by atoms with van der Waals surface area (Å²) in [6, 6.07) is 0. The van der Waals surface area contributed by atoms with E-state index in [2.05, 4.69) is 10.3 Å². The minimum atomic E-state index is 0.315. The van der Waals surface area contributed by atoms with Crippen LogP contribution in [0.1, 0.15) is 17.8 Å². The lowest BCUT2D eigenvalue weighted by Gasteiger charge is -2.22. The van der Waals surface area contributed by atoms with E-state index in [0.29, 0.717) is 6.10 Å². The predicted molar refractivity (Wildman–Crippen MR) is 53.4 cm³/mol. The summed E-state index contributed by atoms with van der Waals surface area (Å²) in [5.74, 6) is 0.788. The topological polar surface area (TPSA) is 34.1 Å². The van der Waals surface area contributed by atoms with Crippen LogP contribution < -0.4 is 10.1 Å². The van der Waals surface area contributed by atoms with Crippen LogP contribution in [-0.4, -0.2) is 24.2 Å². The van der Waals surface area contributed by atoms with Crippen molar-refractivity contribution in [3.8, 4) is 5.88 Å².